The average molecular weight is 388 g/mol. The lowest BCUT2D eigenvalue weighted by atomic mass is 9.99. The standard InChI is InChI=1S/C17H26ClN3O3S/c1-20(2)25(23,24)21-12-4-6-15(13-21)17(22)19-11-3-5-14-7-9-16(18)10-8-14/h7-10,15H,3-6,11-13H2,1-2H3,(H,19,22)/t15-/m0/s1. The molecule has 1 atom stereocenters. The third kappa shape index (κ3) is 5.67. The van der Waals surface area contributed by atoms with Gasteiger partial charge in [0.2, 0.25) is 5.91 Å². The summed E-state index contributed by atoms with van der Waals surface area (Å²) in [7, 11) is -0.436. The Labute approximate surface area is 155 Å². The minimum Gasteiger partial charge on any atom is -0.356 e. The highest BCUT2D eigenvalue weighted by Crippen LogP contribution is 2.20. The van der Waals surface area contributed by atoms with Crippen molar-refractivity contribution in [3.8, 4) is 0 Å². The predicted octanol–water partition coefficient (Wildman–Crippen LogP) is 1.91. The first kappa shape index (κ1) is 20.2. The Kier molecular flexibility index (Phi) is 7.25. The summed E-state index contributed by atoms with van der Waals surface area (Å²) >= 11 is 5.86. The minimum atomic E-state index is -3.46. The molecule has 2 rings (SSSR count). The monoisotopic (exact) mass is 387 g/mol. The van der Waals surface area contributed by atoms with Gasteiger partial charge in [-0.2, -0.15) is 17.0 Å². The number of benzene rings is 1. The van der Waals surface area contributed by atoms with E-state index in [0.717, 1.165) is 19.3 Å². The summed E-state index contributed by atoms with van der Waals surface area (Å²) in [4.78, 5) is 12.3. The number of piperidine rings is 1. The lowest BCUT2D eigenvalue weighted by Crippen LogP contribution is -2.48. The molecule has 1 aliphatic rings. The molecule has 0 radical (unpaired) electrons. The Balaban J connectivity index is 1.77. The Bertz CT molecular complexity index is 677. The van der Waals surface area contributed by atoms with E-state index in [-0.39, 0.29) is 18.4 Å². The van der Waals surface area contributed by atoms with Gasteiger partial charge in [0.1, 0.15) is 0 Å². The number of nitrogens with one attached hydrogen (secondary N) is 1. The molecule has 0 saturated carbocycles. The molecule has 1 aliphatic heterocycles. The highest BCUT2D eigenvalue weighted by Gasteiger charge is 2.33. The Morgan fingerprint density at radius 1 is 1.32 bits per heavy atom. The molecule has 0 aliphatic carbocycles. The van der Waals surface area contributed by atoms with Crippen molar-refractivity contribution < 1.29 is 13.2 Å². The molecule has 0 spiro atoms. The van der Waals surface area contributed by atoms with Crippen LogP contribution in [0, 0.1) is 5.92 Å². The van der Waals surface area contributed by atoms with Crippen LogP contribution in [0.5, 0.6) is 0 Å². The first-order valence-electron chi connectivity index (χ1n) is 8.50. The summed E-state index contributed by atoms with van der Waals surface area (Å²) in [5.74, 6) is -0.339. The summed E-state index contributed by atoms with van der Waals surface area (Å²) in [6.45, 7) is 1.31. The summed E-state index contributed by atoms with van der Waals surface area (Å²) < 4.78 is 27.0. The number of carbonyl (C=O) groups excluding carboxylic acids is 1. The van der Waals surface area contributed by atoms with Gasteiger partial charge in [0, 0.05) is 38.8 Å². The zero-order chi connectivity index (χ0) is 18.4. The van der Waals surface area contributed by atoms with Crippen LogP contribution in [0.4, 0.5) is 0 Å². The topological polar surface area (TPSA) is 69.7 Å². The van der Waals surface area contributed by atoms with Crippen LogP contribution in [0.25, 0.3) is 0 Å². The van der Waals surface area contributed by atoms with Crippen LogP contribution in [-0.4, -0.2) is 56.7 Å². The number of amides is 1. The van der Waals surface area contributed by atoms with Crippen molar-refractivity contribution in [1.82, 2.24) is 13.9 Å². The highest BCUT2D eigenvalue weighted by atomic mass is 35.5. The van der Waals surface area contributed by atoms with Gasteiger partial charge in [0.05, 0.1) is 5.92 Å². The minimum absolute atomic E-state index is 0.0604. The number of hydrogen-bond acceptors (Lipinski definition) is 3. The lowest BCUT2D eigenvalue weighted by Gasteiger charge is -2.32. The van der Waals surface area contributed by atoms with Crippen LogP contribution in [-0.2, 0) is 21.4 Å². The van der Waals surface area contributed by atoms with Crippen LogP contribution in [0.1, 0.15) is 24.8 Å². The van der Waals surface area contributed by atoms with E-state index in [4.69, 9.17) is 11.6 Å². The van der Waals surface area contributed by atoms with Crippen LogP contribution in [0.3, 0.4) is 0 Å². The van der Waals surface area contributed by atoms with Gasteiger partial charge in [-0.1, -0.05) is 23.7 Å². The maximum absolute atomic E-state index is 12.3. The first-order chi connectivity index (χ1) is 11.8. The second-order valence-corrected chi connectivity index (χ2v) is 9.09. The zero-order valence-corrected chi connectivity index (χ0v) is 16.3. The van der Waals surface area contributed by atoms with Gasteiger partial charge in [-0.15, -0.1) is 0 Å². The van der Waals surface area contributed by atoms with Crippen molar-refractivity contribution in [1.29, 1.82) is 0 Å². The largest absolute Gasteiger partial charge is 0.356 e. The van der Waals surface area contributed by atoms with Crippen molar-refractivity contribution >= 4 is 27.7 Å². The molecule has 1 fully saturated rings. The number of carbonyl (C=O) groups is 1. The Morgan fingerprint density at radius 3 is 2.64 bits per heavy atom. The molecule has 1 aromatic carbocycles. The van der Waals surface area contributed by atoms with E-state index in [1.165, 1.54) is 28.3 Å². The van der Waals surface area contributed by atoms with Crippen molar-refractivity contribution in [2.24, 2.45) is 5.92 Å². The second-order valence-electron chi connectivity index (χ2n) is 6.51. The molecule has 6 nitrogen and oxygen atoms in total. The molecule has 1 saturated heterocycles. The number of rotatable bonds is 7. The average Bonchev–Trinajstić information content (AvgIpc) is 2.60. The maximum Gasteiger partial charge on any atom is 0.281 e. The SMILES string of the molecule is CN(C)S(=O)(=O)N1CCC[C@H](C(=O)NCCCc2ccc(Cl)cc2)C1. The van der Waals surface area contributed by atoms with Gasteiger partial charge in [-0.05, 0) is 43.4 Å². The molecule has 1 aromatic rings. The third-order valence-electron chi connectivity index (χ3n) is 4.40. The molecule has 1 amide bonds. The predicted molar refractivity (Wildman–Crippen MR) is 99.7 cm³/mol. The van der Waals surface area contributed by atoms with Crippen molar-refractivity contribution in [2.45, 2.75) is 25.7 Å². The van der Waals surface area contributed by atoms with Crippen molar-refractivity contribution in [3.05, 3.63) is 34.9 Å². The Morgan fingerprint density at radius 2 is 2.00 bits per heavy atom. The van der Waals surface area contributed by atoms with E-state index in [9.17, 15) is 13.2 Å². The molecule has 1 N–H and O–H groups in total. The molecule has 140 valence electrons. The molecule has 25 heavy (non-hydrogen) atoms. The van der Waals surface area contributed by atoms with E-state index >= 15 is 0 Å². The normalized spacial score (nSPS) is 19.1. The van der Waals surface area contributed by atoms with Gasteiger partial charge < -0.3 is 5.32 Å². The quantitative estimate of drug-likeness (QED) is 0.726. The van der Waals surface area contributed by atoms with Gasteiger partial charge in [-0.3, -0.25) is 4.79 Å². The third-order valence-corrected chi connectivity index (χ3v) is 6.56. The molecule has 8 heteroatoms. The summed E-state index contributed by atoms with van der Waals surface area (Å²) in [6.07, 6.45) is 3.13. The molecule has 0 bridgehead atoms. The van der Waals surface area contributed by atoms with E-state index in [0.29, 0.717) is 24.5 Å². The molecule has 0 aromatic heterocycles. The second kappa shape index (κ2) is 8.98. The fourth-order valence-corrected chi connectivity index (χ4v) is 4.21. The number of aryl methyl sites for hydroxylation is 1. The summed E-state index contributed by atoms with van der Waals surface area (Å²) in [6, 6.07) is 7.68. The van der Waals surface area contributed by atoms with Crippen LogP contribution < -0.4 is 5.32 Å². The molecule has 1 heterocycles. The van der Waals surface area contributed by atoms with E-state index < -0.39 is 10.2 Å². The highest BCUT2D eigenvalue weighted by molar-refractivity contribution is 7.86. The van der Waals surface area contributed by atoms with Crippen molar-refractivity contribution in [2.75, 3.05) is 33.7 Å². The van der Waals surface area contributed by atoms with Crippen LogP contribution >= 0.6 is 11.6 Å². The lowest BCUT2D eigenvalue weighted by molar-refractivity contribution is -0.126. The van der Waals surface area contributed by atoms with Crippen LogP contribution in [0.15, 0.2) is 24.3 Å². The van der Waals surface area contributed by atoms with Crippen LogP contribution in [0.2, 0.25) is 5.02 Å². The first-order valence-corrected chi connectivity index (χ1v) is 10.3. The van der Waals surface area contributed by atoms with Gasteiger partial charge in [0.25, 0.3) is 10.2 Å². The number of hydrogen-bond donors (Lipinski definition) is 1. The van der Waals surface area contributed by atoms with Gasteiger partial charge in [0.15, 0.2) is 0 Å². The summed E-state index contributed by atoms with van der Waals surface area (Å²) in [5, 5.41) is 3.65. The Hall–Kier alpha value is -1.15. The van der Waals surface area contributed by atoms with Gasteiger partial charge in [-0.25, -0.2) is 0 Å². The van der Waals surface area contributed by atoms with E-state index in [1.807, 2.05) is 24.3 Å². The van der Waals surface area contributed by atoms with Gasteiger partial charge >= 0.3 is 0 Å². The summed E-state index contributed by atoms with van der Waals surface area (Å²) in [5.41, 5.74) is 1.18. The molecular weight excluding hydrogens is 362 g/mol. The zero-order valence-electron chi connectivity index (χ0n) is 14.7. The van der Waals surface area contributed by atoms with Crippen molar-refractivity contribution in [3.63, 3.8) is 0 Å². The maximum atomic E-state index is 12.3. The smallest absolute Gasteiger partial charge is 0.281 e. The molecule has 0 unspecified atom stereocenters. The fourth-order valence-electron chi connectivity index (χ4n) is 2.90. The van der Waals surface area contributed by atoms with E-state index in [1.54, 1.807) is 0 Å². The number of halogens is 1. The molecular formula is C17H26ClN3O3S. The van der Waals surface area contributed by atoms with E-state index in [2.05, 4.69) is 5.32 Å². The fraction of sp³-hybridized carbons (Fsp3) is 0.588. The number of nitrogens with zero attached hydrogens (tertiary/aromatic N) is 2.